The van der Waals surface area contributed by atoms with Crippen LogP contribution in [-0.4, -0.2) is 36.3 Å². The number of nitrogens with zero attached hydrogens (tertiary/aromatic N) is 5. The Morgan fingerprint density at radius 3 is 3.06 bits per heavy atom. The molecule has 0 fully saturated rings. The Hall–Kier alpha value is -2.31. The number of aromatic nitrogens is 5. The van der Waals surface area contributed by atoms with Crippen molar-refractivity contribution in [2.45, 2.75) is 13.0 Å². The maximum atomic E-state index is 10.4. The van der Waals surface area contributed by atoms with Crippen LogP contribution in [0.5, 0.6) is 0 Å². The fourth-order valence-corrected chi connectivity index (χ4v) is 1.22. The molecular formula is C9H9N5O2. The smallest absolute Gasteiger partial charge is 0.327 e. The fourth-order valence-electron chi connectivity index (χ4n) is 1.22. The molecule has 2 aromatic rings. The third kappa shape index (κ3) is 2.59. The molecular weight excluding hydrogens is 210 g/mol. The molecule has 0 aliphatic rings. The van der Waals surface area contributed by atoms with Crippen LogP contribution in [0.1, 0.15) is 11.4 Å². The maximum Gasteiger partial charge on any atom is 0.327 e. The molecule has 0 aliphatic heterocycles. The third-order valence-corrected chi connectivity index (χ3v) is 1.86. The van der Waals surface area contributed by atoms with E-state index in [0.29, 0.717) is 12.2 Å². The SMILES string of the molecule is O=C(O)Cn1nnc(Cc2cccnc2)n1. The first kappa shape index (κ1) is 10.2. The largest absolute Gasteiger partial charge is 0.480 e. The van der Waals surface area contributed by atoms with Crippen molar-refractivity contribution >= 4 is 5.97 Å². The van der Waals surface area contributed by atoms with E-state index in [0.717, 1.165) is 10.4 Å². The Labute approximate surface area is 90.7 Å². The summed E-state index contributed by atoms with van der Waals surface area (Å²) in [7, 11) is 0. The van der Waals surface area contributed by atoms with Crippen molar-refractivity contribution < 1.29 is 9.90 Å². The van der Waals surface area contributed by atoms with E-state index < -0.39 is 5.97 Å². The van der Waals surface area contributed by atoms with Gasteiger partial charge >= 0.3 is 5.97 Å². The van der Waals surface area contributed by atoms with Crippen LogP contribution in [0, 0.1) is 0 Å². The number of carbonyl (C=O) groups is 1. The quantitative estimate of drug-likeness (QED) is 0.761. The molecule has 82 valence electrons. The molecule has 0 aliphatic carbocycles. The molecule has 16 heavy (non-hydrogen) atoms. The summed E-state index contributed by atoms with van der Waals surface area (Å²) in [4.78, 5) is 15.4. The number of pyridine rings is 1. The third-order valence-electron chi connectivity index (χ3n) is 1.86. The van der Waals surface area contributed by atoms with E-state index in [2.05, 4.69) is 20.4 Å². The van der Waals surface area contributed by atoms with E-state index in [9.17, 15) is 4.79 Å². The molecule has 0 radical (unpaired) electrons. The van der Waals surface area contributed by atoms with Crippen LogP contribution in [0.15, 0.2) is 24.5 Å². The van der Waals surface area contributed by atoms with E-state index in [4.69, 9.17) is 5.11 Å². The highest BCUT2D eigenvalue weighted by Gasteiger charge is 2.06. The van der Waals surface area contributed by atoms with Gasteiger partial charge < -0.3 is 5.11 Å². The Morgan fingerprint density at radius 1 is 1.50 bits per heavy atom. The van der Waals surface area contributed by atoms with Gasteiger partial charge in [0.25, 0.3) is 0 Å². The zero-order valence-corrected chi connectivity index (χ0v) is 8.32. The Bertz CT molecular complexity index is 482. The molecule has 0 aromatic carbocycles. The fraction of sp³-hybridized carbons (Fsp3) is 0.222. The predicted octanol–water partition coefficient (Wildman–Crippen LogP) is -0.257. The summed E-state index contributed by atoms with van der Waals surface area (Å²) in [6.07, 6.45) is 3.88. The highest BCUT2D eigenvalue weighted by molar-refractivity contribution is 5.66. The molecule has 2 aromatic heterocycles. The molecule has 0 atom stereocenters. The first-order valence-corrected chi connectivity index (χ1v) is 4.61. The number of tetrazole rings is 1. The van der Waals surface area contributed by atoms with Crippen LogP contribution in [0.25, 0.3) is 0 Å². The van der Waals surface area contributed by atoms with Crippen LogP contribution >= 0.6 is 0 Å². The van der Waals surface area contributed by atoms with Crippen molar-refractivity contribution in [3.63, 3.8) is 0 Å². The van der Waals surface area contributed by atoms with E-state index in [-0.39, 0.29) is 6.54 Å². The van der Waals surface area contributed by atoms with Gasteiger partial charge in [0, 0.05) is 18.8 Å². The lowest BCUT2D eigenvalue weighted by atomic mass is 10.2. The standard InChI is InChI=1S/C9H9N5O2/c15-9(16)6-14-12-8(11-13-14)4-7-2-1-3-10-5-7/h1-3,5H,4,6H2,(H,15,16). The summed E-state index contributed by atoms with van der Waals surface area (Å²) in [5, 5.41) is 19.8. The van der Waals surface area contributed by atoms with Crippen LogP contribution < -0.4 is 0 Å². The van der Waals surface area contributed by atoms with Crippen molar-refractivity contribution in [2.75, 3.05) is 0 Å². The molecule has 7 nitrogen and oxygen atoms in total. The normalized spacial score (nSPS) is 10.2. The van der Waals surface area contributed by atoms with Gasteiger partial charge in [0.1, 0.15) is 0 Å². The number of hydrogen-bond donors (Lipinski definition) is 1. The second-order valence-corrected chi connectivity index (χ2v) is 3.17. The first-order valence-electron chi connectivity index (χ1n) is 4.61. The lowest BCUT2D eigenvalue weighted by molar-refractivity contribution is -0.138. The van der Waals surface area contributed by atoms with Gasteiger partial charge in [-0.3, -0.25) is 9.78 Å². The molecule has 0 saturated heterocycles. The highest BCUT2D eigenvalue weighted by Crippen LogP contribution is 2.01. The van der Waals surface area contributed by atoms with Gasteiger partial charge in [-0.15, -0.1) is 10.2 Å². The zero-order valence-electron chi connectivity index (χ0n) is 8.32. The van der Waals surface area contributed by atoms with Gasteiger partial charge in [-0.25, -0.2) is 0 Å². The summed E-state index contributed by atoms with van der Waals surface area (Å²) in [6, 6.07) is 3.71. The molecule has 0 amide bonds. The Kier molecular flexibility index (Phi) is 2.86. The van der Waals surface area contributed by atoms with E-state index in [1.165, 1.54) is 0 Å². The van der Waals surface area contributed by atoms with Crippen LogP contribution in [0.3, 0.4) is 0 Å². The van der Waals surface area contributed by atoms with Gasteiger partial charge in [0.2, 0.25) is 0 Å². The first-order chi connectivity index (χ1) is 7.74. The van der Waals surface area contributed by atoms with Crippen molar-refractivity contribution in [1.82, 2.24) is 25.2 Å². The van der Waals surface area contributed by atoms with E-state index in [1.54, 1.807) is 12.4 Å². The molecule has 0 spiro atoms. The molecule has 1 N–H and O–H groups in total. The molecule has 0 bridgehead atoms. The molecule has 0 unspecified atom stereocenters. The van der Waals surface area contributed by atoms with Crippen LogP contribution in [0.4, 0.5) is 0 Å². The van der Waals surface area contributed by atoms with Gasteiger partial charge in [0.05, 0.1) is 0 Å². The van der Waals surface area contributed by atoms with Gasteiger partial charge in [-0.05, 0) is 16.8 Å². The summed E-state index contributed by atoms with van der Waals surface area (Å²) >= 11 is 0. The topological polar surface area (TPSA) is 93.8 Å². The Balaban J connectivity index is 2.06. The summed E-state index contributed by atoms with van der Waals surface area (Å²) in [6.45, 7) is -0.278. The second kappa shape index (κ2) is 4.47. The number of aliphatic carboxylic acids is 1. The zero-order chi connectivity index (χ0) is 11.4. The number of carboxylic acids is 1. The van der Waals surface area contributed by atoms with Crippen molar-refractivity contribution in [1.29, 1.82) is 0 Å². The van der Waals surface area contributed by atoms with Crippen molar-refractivity contribution in [2.24, 2.45) is 0 Å². The minimum atomic E-state index is -0.995. The van der Waals surface area contributed by atoms with Gasteiger partial charge in [-0.1, -0.05) is 6.07 Å². The van der Waals surface area contributed by atoms with Crippen molar-refractivity contribution in [3.05, 3.63) is 35.9 Å². The van der Waals surface area contributed by atoms with E-state index >= 15 is 0 Å². The van der Waals surface area contributed by atoms with E-state index in [1.807, 2.05) is 12.1 Å². The van der Waals surface area contributed by atoms with Crippen LogP contribution in [0.2, 0.25) is 0 Å². The average molecular weight is 219 g/mol. The predicted molar refractivity (Wildman–Crippen MR) is 52.5 cm³/mol. The molecule has 2 rings (SSSR count). The lowest BCUT2D eigenvalue weighted by Crippen LogP contribution is -2.11. The number of rotatable bonds is 4. The van der Waals surface area contributed by atoms with Gasteiger partial charge in [-0.2, -0.15) is 4.80 Å². The lowest BCUT2D eigenvalue weighted by Gasteiger charge is -1.94. The summed E-state index contributed by atoms with van der Waals surface area (Å²) in [5.74, 6) is -0.514. The molecule has 0 saturated carbocycles. The molecule has 7 heteroatoms. The Morgan fingerprint density at radius 2 is 2.38 bits per heavy atom. The average Bonchev–Trinajstić information content (AvgIpc) is 2.66. The van der Waals surface area contributed by atoms with Crippen LogP contribution in [-0.2, 0) is 17.8 Å². The number of carboxylic acid groups (broad SMARTS) is 1. The highest BCUT2D eigenvalue weighted by atomic mass is 16.4. The van der Waals surface area contributed by atoms with Crippen molar-refractivity contribution in [3.8, 4) is 0 Å². The summed E-state index contributed by atoms with van der Waals surface area (Å²) < 4.78 is 0. The second-order valence-electron chi connectivity index (χ2n) is 3.17. The van der Waals surface area contributed by atoms with Gasteiger partial charge in [0.15, 0.2) is 12.4 Å². The minimum absolute atomic E-state index is 0.278. The monoisotopic (exact) mass is 219 g/mol. The summed E-state index contributed by atoms with van der Waals surface area (Å²) in [5.41, 5.74) is 0.956. The minimum Gasteiger partial charge on any atom is -0.480 e. The maximum absolute atomic E-state index is 10.4. The molecule has 2 heterocycles. The number of hydrogen-bond acceptors (Lipinski definition) is 5.